The predicted octanol–water partition coefficient (Wildman–Crippen LogP) is 3.32. The van der Waals surface area contributed by atoms with E-state index in [1.54, 1.807) is 0 Å². The van der Waals surface area contributed by atoms with Crippen molar-refractivity contribution in [3.8, 4) is 0 Å². The van der Waals surface area contributed by atoms with Crippen LogP contribution in [0.5, 0.6) is 0 Å². The lowest BCUT2D eigenvalue weighted by Crippen LogP contribution is -2.13. The maximum Gasteiger partial charge on any atom is 0.0483 e. The monoisotopic (exact) mass is 228 g/mol. The largest absolute Gasteiger partial charge is 0.350 e. The Hall–Kier alpha value is -1.54. The van der Waals surface area contributed by atoms with E-state index in [0.717, 1.165) is 12.8 Å². The van der Waals surface area contributed by atoms with Crippen LogP contribution >= 0.6 is 0 Å². The molecule has 0 aliphatic rings. The number of aryl methyl sites for hydroxylation is 1. The Labute approximate surface area is 103 Å². The summed E-state index contributed by atoms with van der Waals surface area (Å²) in [6.07, 6.45) is 8.67. The first-order chi connectivity index (χ1) is 8.18. The highest BCUT2D eigenvalue weighted by Crippen LogP contribution is 2.21. The Bertz CT molecular complexity index is 521. The minimum Gasteiger partial charge on any atom is -0.350 e. The van der Waals surface area contributed by atoms with Gasteiger partial charge in [-0.2, -0.15) is 0 Å². The molecule has 0 aliphatic carbocycles. The minimum absolute atomic E-state index is 0.284. The molecule has 2 nitrogen and oxygen atoms in total. The highest BCUT2D eigenvalue weighted by molar-refractivity contribution is 5.89. The summed E-state index contributed by atoms with van der Waals surface area (Å²) >= 11 is 0. The van der Waals surface area contributed by atoms with Crippen LogP contribution in [0.2, 0.25) is 0 Å². The summed E-state index contributed by atoms with van der Waals surface area (Å²) in [5.41, 5.74) is 8.29. The number of para-hydroxylation sites is 1. The molecule has 0 fully saturated rings. The van der Waals surface area contributed by atoms with Crippen LogP contribution in [0.25, 0.3) is 17.0 Å². The molecule has 2 heteroatoms. The zero-order valence-corrected chi connectivity index (χ0v) is 10.6. The summed E-state index contributed by atoms with van der Waals surface area (Å²) in [6, 6.07) is 8.76. The Morgan fingerprint density at radius 2 is 2.12 bits per heavy atom. The first-order valence-electron chi connectivity index (χ1n) is 6.14. The van der Waals surface area contributed by atoms with Crippen LogP contribution in [-0.4, -0.2) is 10.6 Å². The van der Waals surface area contributed by atoms with Crippen molar-refractivity contribution in [3.63, 3.8) is 0 Å². The van der Waals surface area contributed by atoms with Crippen molar-refractivity contribution in [2.24, 2.45) is 12.8 Å². The number of nitrogens with zero attached hydrogens (tertiary/aromatic N) is 1. The molecule has 0 saturated carbocycles. The second kappa shape index (κ2) is 5.19. The Kier molecular flexibility index (Phi) is 3.64. The summed E-state index contributed by atoms with van der Waals surface area (Å²) in [4.78, 5) is 0. The SMILES string of the molecule is CC(N)CC/C=C/c1cn(C)c2ccccc12. The standard InChI is InChI=1S/C15H20N2/c1-12(16)7-3-4-8-13-11-17(2)15-10-6-5-9-14(13)15/h4-6,8-12H,3,7,16H2,1-2H3/b8-4+. The third-order valence-corrected chi connectivity index (χ3v) is 3.01. The van der Waals surface area contributed by atoms with Crippen molar-refractivity contribution in [1.82, 2.24) is 4.57 Å². The fraction of sp³-hybridized carbons (Fsp3) is 0.333. The van der Waals surface area contributed by atoms with Crippen LogP contribution in [0, 0.1) is 0 Å². The fourth-order valence-electron chi connectivity index (χ4n) is 2.08. The molecule has 1 aromatic heterocycles. The van der Waals surface area contributed by atoms with Gasteiger partial charge in [-0.1, -0.05) is 30.4 Å². The van der Waals surface area contributed by atoms with Gasteiger partial charge in [0.2, 0.25) is 0 Å². The van der Waals surface area contributed by atoms with Crippen LogP contribution < -0.4 is 5.73 Å². The van der Waals surface area contributed by atoms with E-state index in [4.69, 9.17) is 5.73 Å². The van der Waals surface area contributed by atoms with Crippen molar-refractivity contribution < 1.29 is 0 Å². The molecular weight excluding hydrogens is 208 g/mol. The number of aromatic nitrogens is 1. The van der Waals surface area contributed by atoms with Gasteiger partial charge < -0.3 is 10.3 Å². The first kappa shape index (κ1) is 11.9. The van der Waals surface area contributed by atoms with Gasteiger partial charge in [-0.25, -0.2) is 0 Å². The molecule has 2 N–H and O–H groups in total. The van der Waals surface area contributed by atoms with Crippen LogP contribution in [-0.2, 0) is 7.05 Å². The molecule has 2 rings (SSSR count). The normalized spacial score (nSPS) is 13.6. The van der Waals surface area contributed by atoms with E-state index in [0.29, 0.717) is 0 Å². The van der Waals surface area contributed by atoms with Gasteiger partial charge in [0.05, 0.1) is 0 Å². The van der Waals surface area contributed by atoms with Crippen molar-refractivity contribution in [3.05, 3.63) is 42.1 Å². The zero-order valence-electron chi connectivity index (χ0n) is 10.6. The zero-order chi connectivity index (χ0) is 12.3. The van der Waals surface area contributed by atoms with E-state index in [1.165, 1.54) is 16.5 Å². The third kappa shape index (κ3) is 2.77. The molecule has 0 saturated heterocycles. The van der Waals surface area contributed by atoms with Gasteiger partial charge in [-0.3, -0.25) is 0 Å². The average molecular weight is 228 g/mol. The number of allylic oxidation sites excluding steroid dienone is 1. The van der Waals surface area contributed by atoms with E-state index >= 15 is 0 Å². The lowest BCUT2D eigenvalue weighted by molar-refractivity contribution is 0.677. The van der Waals surface area contributed by atoms with Gasteiger partial charge in [0.25, 0.3) is 0 Å². The molecular formula is C15H20N2. The molecule has 0 amide bonds. The molecule has 0 radical (unpaired) electrons. The summed E-state index contributed by atoms with van der Waals surface area (Å²) in [7, 11) is 2.08. The van der Waals surface area contributed by atoms with Crippen molar-refractivity contribution >= 4 is 17.0 Å². The quantitative estimate of drug-likeness (QED) is 0.855. The minimum atomic E-state index is 0.284. The number of rotatable bonds is 4. The third-order valence-electron chi connectivity index (χ3n) is 3.01. The van der Waals surface area contributed by atoms with Crippen LogP contribution in [0.1, 0.15) is 25.3 Å². The number of hydrogen-bond donors (Lipinski definition) is 1. The molecule has 0 spiro atoms. The van der Waals surface area contributed by atoms with Gasteiger partial charge in [-0.15, -0.1) is 0 Å². The Morgan fingerprint density at radius 1 is 1.35 bits per heavy atom. The van der Waals surface area contributed by atoms with E-state index in [-0.39, 0.29) is 6.04 Å². The summed E-state index contributed by atoms with van der Waals surface area (Å²) in [5.74, 6) is 0. The van der Waals surface area contributed by atoms with Gasteiger partial charge in [0.1, 0.15) is 0 Å². The second-order valence-electron chi connectivity index (χ2n) is 4.67. The molecule has 1 aromatic carbocycles. The van der Waals surface area contributed by atoms with Gasteiger partial charge in [0, 0.05) is 30.2 Å². The topological polar surface area (TPSA) is 30.9 Å². The molecule has 1 heterocycles. The Balaban J connectivity index is 2.19. The molecule has 17 heavy (non-hydrogen) atoms. The predicted molar refractivity (Wildman–Crippen MR) is 74.8 cm³/mol. The van der Waals surface area contributed by atoms with E-state index in [2.05, 4.69) is 54.2 Å². The van der Waals surface area contributed by atoms with Crippen molar-refractivity contribution in [2.45, 2.75) is 25.8 Å². The van der Waals surface area contributed by atoms with Gasteiger partial charge in [-0.05, 0) is 31.4 Å². The molecule has 90 valence electrons. The van der Waals surface area contributed by atoms with Crippen LogP contribution in [0.4, 0.5) is 0 Å². The van der Waals surface area contributed by atoms with Crippen LogP contribution in [0.15, 0.2) is 36.5 Å². The Morgan fingerprint density at radius 3 is 2.88 bits per heavy atom. The molecule has 1 atom stereocenters. The molecule has 1 unspecified atom stereocenters. The fourth-order valence-corrected chi connectivity index (χ4v) is 2.08. The highest BCUT2D eigenvalue weighted by Gasteiger charge is 2.02. The second-order valence-corrected chi connectivity index (χ2v) is 4.67. The molecule has 2 aromatic rings. The number of fused-ring (bicyclic) bond motifs is 1. The smallest absolute Gasteiger partial charge is 0.0483 e. The van der Waals surface area contributed by atoms with E-state index < -0.39 is 0 Å². The van der Waals surface area contributed by atoms with Gasteiger partial charge >= 0.3 is 0 Å². The number of benzene rings is 1. The van der Waals surface area contributed by atoms with Crippen molar-refractivity contribution in [2.75, 3.05) is 0 Å². The highest BCUT2D eigenvalue weighted by atomic mass is 14.9. The molecule has 0 aliphatic heterocycles. The van der Waals surface area contributed by atoms with Gasteiger partial charge in [0.15, 0.2) is 0 Å². The van der Waals surface area contributed by atoms with Crippen LogP contribution in [0.3, 0.4) is 0 Å². The maximum atomic E-state index is 5.73. The van der Waals surface area contributed by atoms with E-state index in [9.17, 15) is 0 Å². The number of hydrogen-bond acceptors (Lipinski definition) is 1. The van der Waals surface area contributed by atoms with Crippen molar-refractivity contribution in [1.29, 1.82) is 0 Å². The maximum absolute atomic E-state index is 5.73. The summed E-state index contributed by atoms with van der Waals surface area (Å²) < 4.78 is 2.17. The average Bonchev–Trinajstić information content (AvgIpc) is 2.63. The number of nitrogens with two attached hydrogens (primary N) is 1. The lowest BCUT2D eigenvalue weighted by Gasteiger charge is -1.99. The summed E-state index contributed by atoms with van der Waals surface area (Å²) in [6.45, 7) is 2.05. The lowest BCUT2D eigenvalue weighted by atomic mass is 10.1. The first-order valence-corrected chi connectivity index (χ1v) is 6.14. The van der Waals surface area contributed by atoms with E-state index in [1.807, 2.05) is 6.92 Å². The summed E-state index contributed by atoms with van der Waals surface area (Å²) in [5, 5.41) is 1.31. The molecule has 0 bridgehead atoms.